The summed E-state index contributed by atoms with van der Waals surface area (Å²) >= 11 is 0. The van der Waals surface area contributed by atoms with Crippen LogP contribution in [0.1, 0.15) is 71.9 Å². The first-order valence-corrected chi connectivity index (χ1v) is 13.3. The molecule has 1 fully saturated rings. The molecular weight excluding hydrogens is 492 g/mol. The number of aromatic nitrogens is 2. The van der Waals surface area contributed by atoms with Crippen LogP contribution in [0, 0.1) is 11.8 Å². The van der Waals surface area contributed by atoms with Gasteiger partial charge >= 0.3 is 0 Å². The fraction of sp³-hybridized carbons (Fsp3) is 0.692. The SMILES string of the molecule is CC(=O)N[C@H](C(=O)N[C@H](C(=O)N[C@@H](CC1CCCCC1)C(=O)N[C@H](C=O)Cc1cnc[nH]1)C(C)C)[C@@H](C)O. The fourth-order valence-electron chi connectivity index (χ4n) is 4.70. The average Bonchev–Trinajstić information content (AvgIpc) is 3.38. The highest BCUT2D eigenvalue weighted by molar-refractivity contribution is 5.94. The van der Waals surface area contributed by atoms with Crippen molar-refractivity contribution < 1.29 is 29.1 Å². The zero-order chi connectivity index (χ0) is 28.2. The maximum atomic E-state index is 13.4. The number of nitrogens with one attached hydrogen (secondary N) is 5. The van der Waals surface area contributed by atoms with Gasteiger partial charge in [-0.15, -0.1) is 0 Å². The molecule has 0 bridgehead atoms. The van der Waals surface area contributed by atoms with E-state index < -0.39 is 53.9 Å². The third-order valence-electron chi connectivity index (χ3n) is 6.78. The molecule has 12 heteroatoms. The van der Waals surface area contributed by atoms with Crippen molar-refractivity contribution in [2.45, 2.75) is 103 Å². The van der Waals surface area contributed by atoms with Crippen molar-refractivity contribution in [1.29, 1.82) is 0 Å². The Morgan fingerprint density at radius 2 is 1.66 bits per heavy atom. The standard InChI is InChI=1S/C26H42N6O6/c1-15(2)22(32-26(38)23(16(3)34)29-17(4)35)25(37)31-21(10-18-8-6-5-7-9-18)24(36)30-20(13-33)11-19-12-27-14-28-19/h12-16,18,20-23,34H,5-11H2,1-4H3,(H,27,28)(H,29,35)(H,30,36)(H,31,37)(H,32,38)/t16-,20+,21+,22+,23+/m1/s1. The van der Waals surface area contributed by atoms with E-state index in [1.54, 1.807) is 20.0 Å². The van der Waals surface area contributed by atoms with Gasteiger partial charge in [-0.3, -0.25) is 19.2 Å². The zero-order valence-corrected chi connectivity index (χ0v) is 22.7. The van der Waals surface area contributed by atoms with E-state index in [1.165, 1.54) is 20.2 Å². The highest BCUT2D eigenvalue weighted by Crippen LogP contribution is 2.27. The van der Waals surface area contributed by atoms with E-state index in [2.05, 4.69) is 31.2 Å². The van der Waals surface area contributed by atoms with Crippen LogP contribution in [0.4, 0.5) is 0 Å². The van der Waals surface area contributed by atoms with Crippen molar-refractivity contribution in [3.8, 4) is 0 Å². The molecule has 1 aliphatic rings. The number of aliphatic hydroxyl groups is 1. The summed E-state index contributed by atoms with van der Waals surface area (Å²) in [4.78, 5) is 69.5. The molecule has 4 amide bonds. The number of hydrogen-bond acceptors (Lipinski definition) is 7. The van der Waals surface area contributed by atoms with Gasteiger partial charge < -0.3 is 36.2 Å². The molecule has 0 aromatic carbocycles. The lowest BCUT2D eigenvalue weighted by molar-refractivity contribution is -0.136. The minimum absolute atomic E-state index is 0.230. The molecule has 1 saturated carbocycles. The Morgan fingerprint density at radius 1 is 1.00 bits per heavy atom. The number of rotatable bonds is 14. The summed E-state index contributed by atoms with van der Waals surface area (Å²) in [7, 11) is 0. The smallest absolute Gasteiger partial charge is 0.245 e. The molecule has 5 atom stereocenters. The summed E-state index contributed by atoms with van der Waals surface area (Å²) < 4.78 is 0. The van der Waals surface area contributed by atoms with Crippen LogP contribution in [-0.2, 0) is 30.4 Å². The van der Waals surface area contributed by atoms with E-state index in [0.29, 0.717) is 18.4 Å². The second kappa shape index (κ2) is 15.2. The van der Waals surface area contributed by atoms with Crippen LogP contribution in [0.25, 0.3) is 0 Å². The molecule has 0 saturated heterocycles. The minimum Gasteiger partial charge on any atom is -0.391 e. The molecular formula is C26H42N6O6. The molecule has 1 heterocycles. The van der Waals surface area contributed by atoms with E-state index in [-0.39, 0.29) is 18.3 Å². The van der Waals surface area contributed by atoms with Gasteiger partial charge in [-0.1, -0.05) is 46.0 Å². The lowest BCUT2D eigenvalue weighted by atomic mass is 9.84. The van der Waals surface area contributed by atoms with Gasteiger partial charge in [0.1, 0.15) is 24.4 Å². The van der Waals surface area contributed by atoms with E-state index >= 15 is 0 Å². The number of amides is 4. The van der Waals surface area contributed by atoms with Gasteiger partial charge in [0.25, 0.3) is 0 Å². The van der Waals surface area contributed by atoms with Gasteiger partial charge in [0, 0.05) is 25.2 Å². The summed E-state index contributed by atoms with van der Waals surface area (Å²) in [5, 5.41) is 20.5. The van der Waals surface area contributed by atoms with E-state index in [1.807, 2.05) is 0 Å². The van der Waals surface area contributed by atoms with Crippen LogP contribution < -0.4 is 21.3 Å². The Hall–Kier alpha value is -3.28. The summed E-state index contributed by atoms with van der Waals surface area (Å²) in [5.41, 5.74) is 0.685. The number of aldehydes is 1. The van der Waals surface area contributed by atoms with Crippen molar-refractivity contribution in [2.24, 2.45) is 11.8 Å². The van der Waals surface area contributed by atoms with E-state index in [9.17, 15) is 29.1 Å². The molecule has 212 valence electrons. The molecule has 1 aromatic heterocycles. The predicted molar refractivity (Wildman–Crippen MR) is 139 cm³/mol. The van der Waals surface area contributed by atoms with Crippen LogP contribution in [0.2, 0.25) is 0 Å². The highest BCUT2D eigenvalue weighted by Gasteiger charge is 2.34. The first-order chi connectivity index (χ1) is 18.0. The number of H-pyrrole nitrogens is 1. The molecule has 0 radical (unpaired) electrons. The Morgan fingerprint density at radius 3 is 2.18 bits per heavy atom. The highest BCUT2D eigenvalue weighted by atomic mass is 16.3. The summed E-state index contributed by atoms with van der Waals surface area (Å²) in [6, 6.07) is -3.97. The largest absolute Gasteiger partial charge is 0.391 e. The normalized spacial score (nSPS) is 17.9. The number of nitrogens with zero attached hydrogens (tertiary/aromatic N) is 1. The summed E-state index contributed by atoms with van der Waals surface area (Å²) in [6.07, 6.45) is 8.30. The minimum atomic E-state index is -1.24. The Balaban J connectivity index is 2.16. The number of aliphatic hydroxyl groups excluding tert-OH is 1. The number of carbonyl (C=O) groups excluding carboxylic acids is 5. The number of hydrogen-bond donors (Lipinski definition) is 6. The maximum Gasteiger partial charge on any atom is 0.245 e. The van der Waals surface area contributed by atoms with Gasteiger partial charge in [0.05, 0.1) is 18.5 Å². The van der Waals surface area contributed by atoms with Crippen molar-refractivity contribution >= 4 is 29.9 Å². The molecule has 38 heavy (non-hydrogen) atoms. The number of aromatic amines is 1. The Labute approximate surface area is 223 Å². The molecule has 0 spiro atoms. The quantitative estimate of drug-likeness (QED) is 0.183. The van der Waals surface area contributed by atoms with Crippen molar-refractivity contribution in [3.05, 3.63) is 18.2 Å². The first-order valence-electron chi connectivity index (χ1n) is 13.3. The third kappa shape index (κ3) is 9.88. The lowest BCUT2D eigenvalue weighted by Crippen LogP contribution is -2.60. The number of carbonyl (C=O) groups is 5. The molecule has 6 N–H and O–H groups in total. The average molecular weight is 535 g/mol. The molecule has 0 unspecified atom stereocenters. The topological polar surface area (TPSA) is 182 Å². The van der Waals surface area contributed by atoms with E-state index in [4.69, 9.17) is 0 Å². The summed E-state index contributed by atoms with van der Waals surface area (Å²) in [5.74, 6) is -2.36. The van der Waals surface area contributed by atoms with E-state index in [0.717, 1.165) is 32.1 Å². The molecule has 1 aromatic rings. The lowest BCUT2D eigenvalue weighted by Gasteiger charge is -2.30. The van der Waals surface area contributed by atoms with Gasteiger partial charge in [-0.2, -0.15) is 0 Å². The predicted octanol–water partition coefficient (Wildman–Crippen LogP) is 0.117. The molecule has 1 aliphatic carbocycles. The zero-order valence-electron chi connectivity index (χ0n) is 22.7. The van der Waals surface area contributed by atoms with Crippen molar-refractivity contribution in [1.82, 2.24) is 31.2 Å². The number of imidazole rings is 1. The first kappa shape index (κ1) is 30.9. The van der Waals surface area contributed by atoms with Crippen LogP contribution in [0.15, 0.2) is 12.5 Å². The van der Waals surface area contributed by atoms with Gasteiger partial charge in [-0.05, 0) is 25.2 Å². The van der Waals surface area contributed by atoms with Crippen LogP contribution >= 0.6 is 0 Å². The van der Waals surface area contributed by atoms with Crippen LogP contribution in [0.3, 0.4) is 0 Å². The monoisotopic (exact) mass is 534 g/mol. The van der Waals surface area contributed by atoms with Crippen molar-refractivity contribution in [3.63, 3.8) is 0 Å². The van der Waals surface area contributed by atoms with Gasteiger partial charge in [-0.25, -0.2) is 4.98 Å². The van der Waals surface area contributed by atoms with Crippen LogP contribution in [0.5, 0.6) is 0 Å². The Bertz CT molecular complexity index is 929. The molecule has 12 nitrogen and oxygen atoms in total. The van der Waals surface area contributed by atoms with Gasteiger partial charge in [0.2, 0.25) is 23.6 Å². The second-order valence-electron chi connectivity index (χ2n) is 10.5. The fourth-order valence-corrected chi connectivity index (χ4v) is 4.70. The third-order valence-corrected chi connectivity index (χ3v) is 6.78. The van der Waals surface area contributed by atoms with Crippen molar-refractivity contribution in [2.75, 3.05) is 0 Å². The Kier molecular flexibility index (Phi) is 12.4. The molecule has 0 aliphatic heterocycles. The molecule has 2 rings (SSSR count). The second-order valence-corrected chi connectivity index (χ2v) is 10.5. The maximum absolute atomic E-state index is 13.4. The summed E-state index contributed by atoms with van der Waals surface area (Å²) in [6.45, 7) is 6.07. The van der Waals surface area contributed by atoms with Gasteiger partial charge in [0.15, 0.2) is 0 Å². The van der Waals surface area contributed by atoms with Crippen LogP contribution in [-0.4, -0.2) is 75.3 Å².